The molecule has 0 aliphatic carbocycles. The molecule has 29 heavy (non-hydrogen) atoms. The highest BCUT2D eigenvalue weighted by Gasteiger charge is 2.16. The van der Waals surface area contributed by atoms with Crippen molar-refractivity contribution in [3.05, 3.63) is 47.0 Å². The van der Waals surface area contributed by atoms with Crippen molar-refractivity contribution < 1.29 is 19.7 Å². The van der Waals surface area contributed by atoms with E-state index in [4.69, 9.17) is 33.0 Å². The van der Waals surface area contributed by atoms with Crippen LogP contribution in [0, 0.1) is 0 Å². The average molecular weight is 439 g/mol. The van der Waals surface area contributed by atoms with E-state index in [1.54, 1.807) is 18.6 Å². The van der Waals surface area contributed by atoms with Gasteiger partial charge >= 0.3 is 5.97 Å². The van der Waals surface area contributed by atoms with Crippen molar-refractivity contribution in [1.29, 1.82) is 0 Å². The van der Waals surface area contributed by atoms with Crippen molar-refractivity contribution in [2.45, 2.75) is 6.42 Å². The fourth-order valence-corrected chi connectivity index (χ4v) is 3.24. The highest BCUT2D eigenvalue weighted by atomic mass is 35.5. The zero-order valence-electron chi connectivity index (χ0n) is 15.5. The molecular formula is C19H20Cl2N4O4. The van der Waals surface area contributed by atoms with Crippen LogP contribution in [-0.4, -0.2) is 63.6 Å². The smallest absolute Gasteiger partial charge is 0.305 e. The molecule has 8 nitrogen and oxygen atoms in total. The van der Waals surface area contributed by atoms with Crippen LogP contribution in [0.4, 0.5) is 5.82 Å². The Morgan fingerprint density at radius 3 is 2.76 bits per heavy atom. The minimum absolute atomic E-state index is 0.0624. The zero-order valence-corrected chi connectivity index (χ0v) is 17.0. The molecule has 0 unspecified atom stereocenters. The van der Waals surface area contributed by atoms with Crippen molar-refractivity contribution in [2.24, 2.45) is 0 Å². The summed E-state index contributed by atoms with van der Waals surface area (Å²) in [6, 6.07) is 5.44. The molecule has 0 saturated carbocycles. The number of hydrogen-bond acceptors (Lipinski definition) is 6. The normalized spacial score (nSPS) is 11.1. The Bertz CT molecular complexity index is 982. The second-order valence-electron chi connectivity index (χ2n) is 6.19. The number of anilines is 1. The summed E-state index contributed by atoms with van der Waals surface area (Å²) in [5.41, 5.74) is 1.35. The van der Waals surface area contributed by atoms with E-state index in [2.05, 4.69) is 9.97 Å². The molecule has 0 radical (unpaired) electrons. The number of aromatic nitrogens is 3. The lowest BCUT2D eigenvalue weighted by Gasteiger charge is -2.24. The maximum absolute atomic E-state index is 10.6. The van der Waals surface area contributed by atoms with Crippen LogP contribution in [0.2, 0.25) is 10.0 Å². The highest BCUT2D eigenvalue weighted by molar-refractivity contribution is 6.45. The molecule has 0 aliphatic heterocycles. The molecule has 2 aromatic heterocycles. The van der Waals surface area contributed by atoms with Gasteiger partial charge in [-0.15, -0.1) is 0 Å². The number of pyridine rings is 1. The summed E-state index contributed by atoms with van der Waals surface area (Å²) in [5.74, 6) is -0.328. The van der Waals surface area contributed by atoms with Crippen molar-refractivity contribution >= 4 is 45.9 Å². The van der Waals surface area contributed by atoms with Gasteiger partial charge in [0.05, 0.1) is 53.8 Å². The van der Waals surface area contributed by atoms with E-state index in [1.807, 2.05) is 27.8 Å². The third-order valence-corrected chi connectivity index (χ3v) is 5.07. The first-order chi connectivity index (χ1) is 14.0. The Balaban J connectivity index is 1.95. The zero-order chi connectivity index (χ0) is 20.8. The lowest BCUT2D eigenvalue weighted by Crippen LogP contribution is -2.31. The van der Waals surface area contributed by atoms with Gasteiger partial charge in [0, 0.05) is 36.9 Å². The fourth-order valence-electron chi connectivity index (χ4n) is 2.88. The number of benzene rings is 1. The Morgan fingerprint density at radius 2 is 2.07 bits per heavy atom. The quantitative estimate of drug-likeness (QED) is 0.469. The summed E-state index contributed by atoms with van der Waals surface area (Å²) in [6.45, 7) is 1.06. The summed E-state index contributed by atoms with van der Waals surface area (Å²) in [6.07, 6.45) is 5.09. The minimum Gasteiger partial charge on any atom is -0.481 e. The molecule has 0 amide bonds. The van der Waals surface area contributed by atoms with E-state index in [0.717, 1.165) is 11.1 Å². The predicted molar refractivity (Wildman–Crippen MR) is 111 cm³/mol. The van der Waals surface area contributed by atoms with Gasteiger partial charge in [-0.2, -0.15) is 0 Å². The van der Waals surface area contributed by atoms with E-state index < -0.39 is 5.97 Å². The van der Waals surface area contributed by atoms with Gasteiger partial charge in [-0.3, -0.25) is 4.79 Å². The van der Waals surface area contributed by atoms with Crippen LogP contribution in [0.1, 0.15) is 6.42 Å². The van der Waals surface area contributed by atoms with Gasteiger partial charge in [-0.1, -0.05) is 23.2 Å². The van der Waals surface area contributed by atoms with Crippen molar-refractivity contribution in [1.82, 2.24) is 14.5 Å². The first-order valence-corrected chi connectivity index (χ1v) is 9.69. The van der Waals surface area contributed by atoms with E-state index in [0.29, 0.717) is 34.5 Å². The number of nitrogens with zero attached hydrogens (tertiary/aromatic N) is 4. The second-order valence-corrected chi connectivity index (χ2v) is 6.98. The maximum Gasteiger partial charge on any atom is 0.305 e. The van der Waals surface area contributed by atoms with Gasteiger partial charge in [0.2, 0.25) is 0 Å². The third-order valence-electron chi connectivity index (χ3n) is 4.28. The van der Waals surface area contributed by atoms with Crippen LogP contribution in [0.15, 0.2) is 36.9 Å². The molecule has 1 aromatic carbocycles. The van der Waals surface area contributed by atoms with Crippen molar-refractivity contribution in [2.75, 3.05) is 37.8 Å². The van der Waals surface area contributed by atoms with E-state index in [1.165, 1.54) is 0 Å². The van der Waals surface area contributed by atoms with Crippen LogP contribution < -0.4 is 4.90 Å². The maximum atomic E-state index is 10.6. The summed E-state index contributed by atoms with van der Waals surface area (Å²) >= 11 is 12.6. The third kappa shape index (κ3) is 5.16. The van der Waals surface area contributed by atoms with Gasteiger partial charge in [-0.05, 0) is 12.1 Å². The number of halogens is 2. The molecule has 0 fully saturated rings. The molecule has 0 bridgehead atoms. The summed E-state index contributed by atoms with van der Waals surface area (Å²) in [4.78, 5) is 21.2. The van der Waals surface area contributed by atoms with Gasteiger partial charge in [0.15, 0.2) is 0 Å². The van der Waals surface area contributed by atoms with Crippen LogP contribution in [-0.2, 0) is 9.53 Å². The number of hydrogen-bond donors (Lipinski definition) is 2. The number of rotatable bonds is 10. The fraction of sp³-hybridized carbons (Fsp3) is 0.316. The van der Waals surface area contributed by atoms with Crippen molar-refractivity contribution in [3.8, 4) is 5.69 Å². The molecule has 10 heteroatoms. The second kappa shape index (κ2) is 9.89. The number of carboxylic acids is 1. The van der Waals surface area contributed by atoms with Crippen LogP contribution in [0.5, 0.6) is 0 Å². The van der Waals surface area contributed by atoms with Gasteiger partial charge in [0.1, 0.15) is 5.82 Å². The number of carbonyl (C=O) groups is 1. The summed E-state index contributed by atoms with van der Waals surface area (Å²) < 4.78 is 7.23. The molecule has 2 heterocycles. The van der Waals surface area contributed by atoms with Crippen LogP contribution in [0.25, 0.3) is 16.6 Å². The Hall–Kier alpha value is -2.39. The number of carboxylic acid groups (broad SMARTS) is 1. The van der Waals surface area contributed by atoms with Gasteiger partial charge in [0.25, 0.3) is 0 Å². The summed E-state index contributed by atoms with van der Waals surface area (Å²) in [7, 11) is 0. The molecule has 0 spiro atoms. The first kappa shape index (κ1) is 21.3. The van der Waals surface area contributed by atoms with Crippen LogP contribution >= 0.6 is 23.2 Å². The summed E-state index contributed by atoms with van der Waals surface area (Å²) in [5, 5.41) is 19.7. The first-order valence-electron chi connectivity index (χ1n) is 8.93. The topological polar surface area (TPSA) is 101 Å². The number of aliphatic hydroxyl groups excluding tert-OH is 1. The molecule has 2 N–H and O–H groups in total. The molecule has 3 rings (SSSR count). The van der Waals surface area contributed by atoms with Crippen molar-refractivity contribution in [3.63, 3.8) is 0 Å². The molecular weight excluding hydrogens is 419 g/mol. The standard InChI is InChI=1S/C19H20Cl2N4O4/c20-14-2-1-13-15(25-5-4-22-12-25)11-16(23-19(13)18(14)21)24(6-8-26)7-10-29-9-3-17(27)28/h1-2,4-5,11-12,26H,3,6-10H2,(H,27,28). The Kier molecular flexibility index (Phi) is 7.27. The van der Waals surface area contributed by atoms with E-state index in [9.17, 15) is 9.90 Å². The average Bonchev–Trinajstić information content (AvgIpc) is 3.23. The molecule has 0 atom stereocenters. The number of aliphatic carboxylic acids is 1. The molecule has 3 aromatic rings. The SMILES string of the molecule is O=C(O)CCOCCN(CCO)c1cc(-n2ccnc2)c2ccc(Cl)c(Cl)c2n1. The Morgan fingerprint density at radius 1 is 1.24 bits per heavy atom. The largest absolute Gasteiger partial charge is 0.481 e. The molecule has 0 aliphatic rings. The van der Waals surface area contributed by atoms with Gasteiger partial charge < -0.3 is 24.4 Å². The molecule has 154 valence electrons. The number of aliphatic hydroxyl groups is 1. The van der Waals surface area contributed by atoms with Gasteiger partial charge in [-0.25, -0.2) is 9.97 Å². The highest BCUT2D eigenvalue weighted by Crippen LogP contribution is 2.34. The number of ether oxygens (including phenoxy) is 1. The monoisotopic (exact) mass is 438 g/mol. The minimum atomic E-state index is -0.912. The predicted octanol–water partition coefficient (Wildman–Crippen LogP) is 3.02. The van der Waals surface area contributed by atoms with E-state index >= 15 is 0 Å². The lowest BCUT2D eigenvalue weighted by atomic mass is 10.1. The number of imidazole rings is 1. The van der Waals surface area contributed by atoms with Crippen LogP contribution in [0.3, 0.4) is 0 Å². The number of fused-ring (bicyclic) bond motifs is 1. The molecule has 0 saturated heterocycles. The lowest BCUT2D eigenvalue weighted by molar-refractivity contribution is -0.138. The van der Waals surface area contributed by atoms with E-state index in [-0.39, 0.29) is 26.2 Å². The Labute approximate surface area is 177 Å².